The Morgan fingerprint density at radius 1 is 0.759 bits per heavy atom. The molecule has 0 aromatic carbocycles. The molecule has 1 unspecified atom stereocenters. The van der Waals surface area contributed by atoms with Crippen molar-refractivity contribution in [2.24, 2.45) is 0 Å². The topological polar surface area (TPSA) is 80.3 Å². The molecule has 0 aromatic heterocycles. The molecular weight excluding hydrogens is 467 g/mol. The molecule has 0 aliphatic heterocycles. The Labute approximate surface area is 170 Å². The average Bonchev–Trinajstić information content (AvgIpc) is 2.52. The van der Waals surface area contributed by atoms with Crippen LogP contribution >= 0.6 is 7.92 Å². The molecule has 0 saturated heterocycles. The van der Waals surface area contributed by atoms with Crippen molar-refractivity contribution in [2.45, 2.75) is 82.9 Å². The predicted octanol–water partition coefficient (Wildman–Crippen LogP) is 5.53. The summed E-state index contributed by atoms with van der Waals surface area (Å²) in [5.74, 6) is 0. The fraction of sp³-hybridized carbons (Fsp3) is 1.00. The van der Waals surface area contributed by atoms with Gasteiger partial charge in [0.2, 0.25) is 0 Å². The summed E-state index contributed by atoms with van der Waals surface area (Å²) >= 11 is 0. The highest BCUT2D eigenvalue weighted by atomic mass is 32.3. The fourth-order valence-corrected chi connectivity index (χ4v) is 7.20. The van der Waals surface area contributed by atoms with E-state index in [1.807, 2.05) is 0 Å². The first-order valence-electron chi connectivity index (χ1n) is 9.11. The van der Waals surface area contributed by atoms with Crippen LogP contribution in [-0.2, 0) is 20.0 Å². The molecule has 0 bridgehead atoms. The number of hydrogen-bond donors (Lipinski definition) is 1. The molecule has 0 aliphatic rings. The van der Waals surface area contributed by atoms with Crippen LogP contribution < -0.4 is 4.13 Å². The minimum absolute atomic E-state index is 0.360. The Kier molecular flexibility index (Phi) is 14.3. The van der Waals surface area contributed by atoms with Crippen LogP contribution in [-0.4, -0.2) is 45.8 Å². The first kappa shape index (κ1) is 31.1. The molecule has 0 amide bonds. The second-order valence-corrected chi connectivity index (χ2v) is 12.9. The largest absolute Gasteiger partial charge is 0.512 e. The first-order valence-corrected chi connectivity index (χ1v) is 13.9. The molecule has 14 heteroatoms. The third-order valence-electron chi connectivity index (χ3n) is 3.76. The van der Waals surface area contributed by atoms with Crippen molar-refractivity contribution >= 4 is 28.0 Å². The Morgan fingerprint density at radius 2 is 1.10 bits per heavy atom. The number of hydrogen-bond acceptors (Lipinski definition) is 4. The van der Waals surface area contributed by atoms with Crippen LogP contribution in [0.3, 0.4) is 0 Å². The summed E-state index contributed by atoms with van der Waals surface area (Å²) in [6.07, 6.45) is 11.6. The highest BCUT2D eigenvalue weighted by Gasteiger charge is 2.55. The Morgan fingerprint density at radius 3 is 1.34 bits per heavy atom. The first-order chi connectivity index (χ1) is 13.0. The van der Waals surface area contributed by atoms with Crippen molar-refractivity contribution in [1.82, 2.24) is 4.13 Å². The van der Waals surface area contributed by atoms with Crippen molar-refractivity contribution < 1.29 is 43.2 Å². The average molecular weight is 498 g/mol. The third-order valence-corrected chi connectivity index (χ3v) is 10.0. The standard InChI is InChI=1S/C13H29P.C2HF6NO4S2/c1-5-8-11-14(12-9-6-2)13(4)10-7-3;3-1(4,5)14(10,11)9-15(12,13)2(6,7)8/h13H,5-12H2,1-4H3;9H. The van der Waals surface area contributed by atoms with E-state index in [0.717, 1.165) is 5.66 Å². The van der Waals surface area contributed by atoms with Crippen LogP contribution in [0.2, 0.25) is 0 Å². The van der Waals surface area contributed by atoms with Crippen molar-refractivity contribution in [2.75, 3.05) is 12.3 Å². The van der Waals surface area contributed by atoms with Gasteiger partial charge in [0.25, 0.3) is 0 Å². The summed E-state index contributed by atoms with van der Waals surface area (Å²) in [4.78, 5) is 0. The molecule has 0 spiro atoms. The summed E-state index contributed by atoms with van der Waals surface area (Å²) in [5.41, 5.74) is -11.3. The van der Waals surface area contributed by atoms with Gasteiger partial charge in [-0.15, -0.1) is 7.92 Å². The Bertz CT molecular complexity index is 601. The molecule has 0 rings (SSSR count). The van der Waals surface area contributed by atoms with Crippen LogP contribution in [0.1, 0.15) is 66.2 Å². The van der Waals surface area contributed by atoms with Gasteiger partial charge in [-0.25, -0.2) is 16.8 Å². The van der Waals surface area contributed by atoms with Gasteiger partial charge in [-0.2, -0.15) is 26.3 Å². The predicted molar refractivity (Wildman–Crippen MR) is 104 cm³/mol. The van der Waals surface area contributed by atoms with Crippen LogP contribution in [0.25, 0.3) is 0 Å². The number of sulfonamides is 2. The van der Waals surface area contributed by atoms with Gasteiger partial charge in [-0.3, -0.25) is 0 Å². The summed E-state index contributed by atoms with van der Waals surface area (Å²) in [5, 5.41) is 0. The lowest BCUT2D eigenvalue weighted by atomic mass is 10.3. The van der Waals surface area contributed by atoms with Crippen molar-refractivity contribution in [3.8, 4) is 0 Å². The fourth-order valence-electron chi connectivity index (χ4n) is 2.11. The van der Waals surface area contributed by atoms with Gasteiger partial charge in [0.05, 0.1) is 0 Å². The zero-order valence-electron chi connectivity index (χ0n) is 16.9. The van der Waals surface area contributed by atoms with Gasteiger partial charge in [0.1, 0.15) is 0 Å². The molecule has 0 radical (unpaired) electrons. The molecule has 178 valence electrons. The minimum atomic E-state index is -6.60. The van der Waals surface area contributed by atoms with Gasteiger partial charge in [0.15, 0.2) is 0 Å². The van der Waals surface area contributed by atoms with Crippen LogP contribution in [0.4, 0.5) is 26.3 Å². The van der Waals surface area contributed by atoms with Crippen molar-refractivity contribution in [3.05, 3.63) is 0 Å². The Hall–Kier alpha value is -0.130. The molecule has 0 fully saturated rings. The highest BCUT2D eigenvalue weighted by molar-refractivity contribution is 8.05. The SMILES string of the molecule is CCCCP(CCCC)C(C)CCC.O=S(=O)(NS(=O)(=O)C(F)(F)F)C(F)(F)F. The number of alkyl halides is 6. The molecule has 29 heavy (non-hydrogen) atoms. The van der Waals surface area contributed by atoms with E-state index < -0.39 is 35.2 Å². The van der Waals surface area contributed by atoms with E-state index in [4.69, 9.17) is 0 Å². The van der Waals surface area contributed by atoms with E-state index in [9.17, 15) is 43.2 Å². The molecule has 1 N–H and O–H groups in total. The monoisotopic (exact) mass is 497 g/mol. The maximum absolute atomic E-state index is 11.5. The maximum atomic E-state index is 11.5. The summed E-state index contributed by atoms with van der Waals surface area (Å²) in [6, 6.07) is 0. The van der Waals surface area contributed by atoms with Crippen LogP contribution in [0, 0.1) is 0 Å². The van der Waals surface area contributed by atoms with E-state index in [1.54, 1.807) is 0 Å². The number of nitrogens with one attached hydrogen (secondary N) is 1. The van der Waals surface area contributed by atoms with E-state index in [0.29, 0.717) is 7.92 Å². The van der Waals surface area contributed by atoms with E-state index in [2.05, 4.69) is 27.7 Å². The molecule has 0 aromatic rings. The molecular formula is C15H30F6NO4PS2. The van der Waals surface area contributed by atoms with Gasteiger partial charge in [0, 0.05) is 0 Å². The molecule has 5 nitrogen and oxygen atoms in total. The summed E-state index contributed by atoms with van der Waals surface area (Å²) in [6.45, 7) is 9.44. The molecule has 0 saturated carbocycles. The molecule has 1 atom stereocenters. The third kappa shape index (κ3) is 12.3. The lowest BCUT2D eigenvalue weighted by molar-refractivity contribution is -0.0476. The van der Waals surface area contributed by atoms with Gasteiger partial charge in [-0.1, -0.05) is 51.1 Å². The number of rotatable bonds is 11. The van der Waals surface area contributed by atoms with Crippen molar-refractivity contribution in [3.63, 3.8) is 0 Å². The maximum Gasteiger partial charge on any atom is 0.512 e. The minimum Gasteiger partial charge on any atom is -0.202 e. The van der Waals surface area contributed by atoms with E-state index in [-0.39, 0.29) is 0 Å². The lowest BCUT2D eigenvalue weighted by Crippen LogP contribution is -2.45. The van der Waals surface area contributed by atoms with Gasteiger partial charge >= 0.3 is 31.1 Å². The normalized spacial score (nSPS) is 14.4. The van der Waals surface area contributed by atoms with E-state index >= 15 is 0 Å². The molecule has 0 heterocycles. The number of halogens is 6. The molecule has 0 aliphatic carbocycles. The smallest absolute Gasteiger partial charge is 0.202 e. The van der Waals surface area contributed by atoms with Gasteiger partial charge < -0.3 is 0 Å². The zero-order chi connectivity index (χ0) is 23.5. The second-order valence-electron chi connectivity index (χ2n) is 6.36. The Balaban J connectivity index is 0. The number of unbranched alkanes of at least 4 members (excludes halogenated alkanes) is 2. The highest BCUT2D eigenvalue weighted by Crippen LogP contribution is 2.44. The summed E-state index contributed by atoms with van der Waals surface area (Å²) < 4.78 is 108. The van der Waals surface area contributed by atoms with Crippen molar-refractivity contribution in [1.29, 1.82) is 0 Å². The lowest BCUT2D eigenvalue weighted by Gasteiger charge is -2.24. The van der Waals surface area contributed by atoms with Gasteiger partial charge in [-0.05, 0) is 37.2 Å². The van der Waals surface area contributed by atoms with E-state index in [1.165, 1.54) is 50.8 Å². The summed E-state index contributed by atoms with van der Waals surface area (Å²) in [7, 11) is -12.8. The van der Waals surface area contributed by atoms with Crippen LogP contribution in [0.5, 0.6) is 0 Å². The quantitative estimate of drug-likeness (QED) is 0.301. The van der Waals surface area contributed by atoms with Crippen LogP contribution in [0.15, 0.2) is 0 Å². The second kappa shape index (κ2) is 13.3. The zero-order valence-corrected chi connectivity index (χ0v) is 19.4.